The van der Waals surface area contributed by atoms with Crippen molar-refractivity contribution in [2.75, 3.05) is 23.9 Å². The Hall–Kier alpha value is -2.44. The van der Waals surface area contributed by atoms with Crippen LogP contribution < -0.4 is 11.1 Å². The van der Waals surface area contributed by atoms with Crippen LogP contribution in [0.2, 0.25) is 5.02 Å². The molecule has 0 aliphatic carbocycles. The fourth-order valence-corrected chi connectivity index (χ4v) is 3.56. The number of nitrogen functional groups attached to an aromatic ring is 1. The summed E-state index contributed by atoms with van der Waals surface area (Å²) in [6, 6.07) is 15.4. The zero-order valence-electron chi connectivity index (χ0n) is 15.2. The first-order valence-electron chi connectivity index (χ1n) is 8.50. The average Bonchev–Trinajstić information content (AvgIpc) is 2.64. The van der Waals surface area contributed by atoms with Gasteiger partial charge in [-0.2, -0.15) is 4.98 Å². The van der Waals surface area contributed by atoms with E-state index in [2.05, 4.69) is 15.3 Å². The summed E-state index contributed by atoms with van der Waals surface area (Å²) in [5.74, 6) is 0.866. The van der Waals surface area contributed by atoms with Gasteiger partial charge in [0.1, 0.15) is 5.82 Å². The first-order chi connectivity index (χ1) is 12.9. The van der Waals surface area contributed by atoms with Crippen LogP contribution in [0.1, 0.15) is 11.1 Å². The highest BCUT2D eigenvalue weighted by molar-refractivity contribution is 7.84. The Labute approximate surface area is 166 Å². The van der Waals surface area contributed by atoms with Crippen molar-refractivity contribution in [1.29, 1.82) is 0 Å². The van der Waals surface area contributed by atoms with E-state index in [0.717, 1.165) is 33.7 Å². The van der Waals surface area contributed by atoms with Gasteiger partial charge in [0.15, 0.2) is 0 Å². The summed E-state index contributed by atoms with van der Waals surface area (Å²) >= 11 is 6.22. The number of nitrogens with two attached hydrogens (primary N) is 1. The summed E-state index contributed by atoms with van der Waals surface area (Å²) in [6.07, 6.45) is 2.46. The fourth-order valence-electron chi connectivity index (χ4n) is 2.79. The molecule has 0 amide bonds. The van der Waals surface area contributed by atoms with Crippen LogP contribution in [-0.4, -0.2) is 27.0 Å². The number of rotatable bonds is 6. The molecule has 1 aromatic heterocycles. The second-order valence-corrected chi connectivity index (χ2v) is 7.97. The molecule has 0 bridgehead atoms. The molecule has 3 N–H and O–H groups in total. The molecule has 5 nitrogen and oxygen atoms in total. The molecule has 7 heteroatoms. The van der Waals surface area contributed by atoms with Crippen molar-refractivity contribution in [1.82, 2.24) is 9.97 Å². The normalized spacial score (nSPS) is 12.0. The summed E-state index contributed by atoms with van der Waals surface area (Å²) < 4.78 is 11.6. The highest BCUT2D eigenvalue weighted by Gasteiger charge is 2.09. The largest absolute Gasteiger partial charge is 0.370 e. The number of nitrogens with one attached hydrogen (secondary N) is 1. The maximum atomic E-state index is 11.6. The minimum Gasteiger partial charge on any atom is -0.370 e. The van der Waals surface area contributed by atoms with Gasteiger partial charge in [-0.1, -0.05) is 35.9 Å². The topological polar surface area (TPSA) is 80.9 Å². The van der Waals surface area contributed by atoms with Gasteiger partial charge in [0.05, 0.1) is 5.69 Å². The number of hydrogen-bond acceptors (Lipinski definition) is 5. The predicted octanol–water partition coefficient (Wildman–Crippen LogP) is 4.08. The molecule has 3 rings (SSSR count). The van der Waals surface area contributed by atoms with Gasteiger partial charge in [0.2, 0.25) is 5.95 Å². The molecule has 0 aliphatic heterocycles. The Morgan fingerprint density at radius 2 is 1.93 bits per heavy atom. The van der Waals surface area contributed by atoms with Crippen LogP contribution in [0.25, 0.3) is 11.3 Å². The fraction of sp³-hybridized carbons (Fsp3) is 0.200. The van der Waals surface area contributed by atoms with Crippen molar-refractivity contribution in [3.8, 4) is 11.3 Å². The van der Waals surface area contributed by atoms with E-state index >= 15 is 0 Å². The van der Waals surface area contributed by atoms with E-state index in [1.165, 1.54) is 0 Å². The quantitative estimate of drug-likeness (QED) is 0.651. The summed E-state index contributed by atoms with van der Waals surface area (Å²) in [6.45, 7) is 2.62. The van der Waals surface area contributed by atoms with Crippen molar-refractivity contribution < 1.29 is 4.21 Å². The lowest BCUT2D eigenvalue weighted by Crippen LogP contribution is -2.09. The third-order valence-corrected chi connectivity index (χ3v) is 5.56. The van der Waals surface area contributed by atoms with Crippen LogP contribution in [0.15, 0.2) is 53.4 Å². The van der Waals surface area contributed by atoms with Gasteiger partial charge < -0.3 is 11.1 Å². The van der Waals surface area contributed by atoms with E-state index < -0.39 is 10.8 Å². The van der Waals surface area contributed by atoms with Gasteiger partial charge in [-0.25, -0.2) is 4.98 Å². The predicted molar refractivity (Wildman–Crippen MR) is 113 cm³/mol. The average molecular weight is 401 g/mol. The van der Waals surface area contributed by atoms with E-state index in [9.17, 15) is 4.21 Å². The van der Waals surface area contributed by atoms with Crippen molar-refractivity contribution >= 4 is 34.2 Å². The molecule has 1 atom stereocenters. The van der Waals surface area contributed by atoms with E-state index in [4.69, 9.17) is 17.3 Å². The molecule has 0 saturated heterocycles. The highest BCUT2D eigenvalue weighted by Crippen LogP contribution is 2.28. The van der Waals surface area contributed by atoms with Gasteiger partial charge in [-0.05, 0) is 42.7 Å². The minimum absolute atomic E-state index is 0.206. The lowest BCUT2D eigenvalue weighted by molar-refractivity contribution is 0.686. The molecular weight excluding hydrogens is 380 g/mol. The Kier molecular flexibility index (Phi) is 6.08. The van der Waals surface area contributed by atoms with Gasteiger partial charge >= 0.3 is 0 Å². The van der Waals surface area contributed by atoms with Crippen LogP contribution in [0.5, 0.6) is 0 Å². The lowest BCUT2D eigenvalue weighted by atomic mass is 10.1. The van der Waals surface area contributed by atoms with E-state index in [1.54, 1.807) is 6.26 Å². The lowest BCUT2D eigenvalue weighted by Gasteiger charge is -2.11. The number of anilines is 2. The molecule has 0 radical (unpaired) electrons. The Bertz CT molecular complexity index is 993. The smallest absolute Gasteiger partial charge is 0.222 e. The molecule has 1 unspecified atom stereocenters. The van der Waals surface area contributed by atoms with Crippen molar-refractivity contribution in [2.45, 2.75) is 18.2 Å². The van der Waals surface area contributed by atoms with Gasteiger partial charge in [-0.15, -0.1) is 0 Å². The molecule has 0 saturated carbocycles. The Morgan fingerprint density at radius 1 is 1.15 bits per heavy atom. The van der Waals surface area contributed by atoms with Crippen LogP contribution in [0, 0.1) is 6.92 Å². The molecular formula is C20H21ClN4OS. The third-order valence-electron chi connectivity index (χ3n) is 4.24. The number of nitrogens with zero attached hydrogens (tertiary/aromatic N) is 2. The molecule has 3 aromatic rings. The maximum Gasteiger partial charge on any atom is 0.222 e. The summed E-state index contributed by atoms with van der Waals surface area (Å²) in [5, 5.41) is 3.97. The van der Waals surface area contributed by atoms with Crippen LogP contribution in [0.3, 0.4) is 0 Å². The molecule has 2 aromatic carbocycles. The zero-order valence-corrected chi connectivity index (χ0v) is 16.8. The first-order valence-corrected chi connectivity index (χ1v) is 10.4. The Morgan fingerprint density at radius 3 is 2.70 bits per heavy atom. The highest BCUT2D eigenvalue weighted by atomic mass is 35.5. The van der Waals surface area contributed by atoms with Gasteiger partial charge in [0.25, 0.3) is 0 Å². The maximum absolute atomic E-state index is 11.6. The van der Waals surface area contributed by atoms with Gasteiger partial charge in [0, 0.05) is 45.1 Å². The Balaban J connectivity index is 1.74. The molecule has 140 valence electrons. The standard InChI is InChI=1S/C20H21ClN4OS/c1-13-16(7-4-8-17(13)21)18-12-19(25-20(22)24-18)23-10-9-14-5-3-6-15(11-14)27(2)26/h3-8,11-12H,9-10H2,1-2H3,(H3,22,23,24,25). The van der Waals surface area contributed by atoms with Crippen molar-refractivity contribution in [3.63, 3.8) is 0 Å². The van der Waals surface area contributed by atoms with Crippen LogP contribution in [-0.2, 0) is 17.2 Å². The zero-order chi connectivity index (χ0) is 19.4. The summed E-state index contributed by atoms with van der Waals surface area (Å²) in [5.41, 5.74) is 9.62. The van der Waals surface area contributed by atoms with Crippen LogP contribution in [0.4, 0.5) is 11.8 Å². The van der Waals surface area contributed by atoms with Crippen LogP contribution >= 0.6 is 11.6 Å². The molecule has 0 fully saturated rings. The third kappa shape index (κ3) is 4.84. The second kappa shape index (κ2) is 8.50. The molecule has 0 aliphatic rings. The van der Waals surface area contributed by atoms with E-state index in [-0.39, 0.29) is 5.95 Å². The SMILES string of the molecule is Cc1c(Cl)cccc1-c1cc(NCCc2cccc(S(C)=O)c2)nc(N)n1. The summed E-state index contributed by atoms with van der Waals surface area (Å²) in [4.78, 5) is 9.43. The molecule has 27 heavy (non-hydrogen) atoms. The molecule has 1 heterocycles. The first kappa shape index (κ1) is 19.3. The minimum atomic E-state index is -0.981. The molecule has 0 spiro atoms. The van der Waals surface area contributed by atoms with Crippen molar-refractivity contribution in [2.24, 2.45) is 0 Å². The number of benzene rings is 2. The van der Waals surface area contributed by atoms with E-state index in [0.29, 0.717) is 17.4 Å². The number of hydrogen-bond donors (Lipinski definition) is 2. The van der Waals surface area contributed by atoms with Gasteiger partial charge in [-0.3, -0.25) is 4.21 Å². The number of aromatic nitrogens is 2. The van der Waals surface area contributed by atoms with E-state index in [1.807, 2.05) is 55.5 Å². The van der Waals surface area contributed by atoms with Crippen molar-refractivity contribution in [3.05, 3.63) is 64.7 Å². The second-order valence-electron chi connectivity index (χ2n) is 6.19. The number of halogens is 1. The summed E-state index contributed by atoms with van der Waals surface area (Å²) in [7, 11) is -0.981. The monoisotopic (exact) mass is 400 g/mol.